The summed E-state index contributed by atoms with van der Waals surface area (Å²) in [7, 11) is 1.40. The molecule has 2 aromatic rings. The minimum absolute atomic E-state index is 0.0785. The highest BCUT2D eigenvalue weighted by atomic mass is 16.5. The third kappa shape index (κ3) is 2.63. The van der Waals surface area contributed by atoms with E-state index in [2.05, 4.69) is 0 Å². The summed E-state index contributed by atoms with van der Waals surface area (Å²) in [5, 5.41) is 19.3. The van der Waals surface area contributed by atoms with Gasteiger partial charge in [-0.2, -0.15) is 0 Å². The first kappa shape index (κ1) is 12.0. The number of benzene rings is 2. The Morgan fingerprint density at radius 1 is 0.889 bits per heavy atom. The zero-order valence-corrected chi connectivity index (χ0v) is 10.00. The van der Waals surface area contributed by atoms with E-state index in [1.807, 2.05) is 42.5 Å². The zero-order chi connectivity index (χ0) is 13.0. The predicted octanol–water partition coefficient (Wildman–Crippen LogP) is 3.28. The molecule has 0 saturated carbocycles. The van der Waals surface area contributed by atoms with E-state index in [9.17, 15) is 10.2 Å². The zero-order valence-electron chi connectivity index (χ0n) is 10.00. The molecule has 0 aliphatic rings. The van der Waals surface area contributed by atoms with Crippen molar-refractivity contribution in [3.8, 4) is 17.2 Å². The molecule has 0 atom stereocenters. The standard InChI is InChI=1S/C15H14O3/c1-18-15-13(16)9-12(10-14(15)17)8-7-11-5-3-2-4-6-11/h2-10,16-17H,1H3. The van der Waals surface area contributed by atoms with Crippen molar-refractivity contribution >= 4 is 12.2 Å². The smallest absolute Gasteiger partial charge is 0.202 e. The highest BCUT2D eigenvalue weighted by Crippen LogP contribution is 2.36. The largest absolute Gasteiger partial charge is 0.504 e. The highest BCUT2D eigenvalue weighted by Gasteiger charge is 2.08. The Balaban J connectivity index is 2.28. The van der Waals surface area contributed by atoms with Crippen LogP contribution in [0, 0.1) is 0 Å². The maximum Gasteiger partial charge on any atom is 0.202 e. The topological polar surface area (TPSA) is 49.7 Å². The molecule has 0 aromatic heterocycles. The van der Waals surface area contributed by atoms with E-state index in [-0.39, 0.29) is 17.2 Å². The summed E-state index contributed by atoms with van der Waals surface area (Å²) >= 11 is 0. The van der Waals surface area contributed by atoms with E-state index in [4.69, 9.17) is 4.74 Å². The van der Waals surface area contributed by atoms with Gasteiger partial charge in [0, 0.05) is 0 Å². The molecule has 2 N–H and O–H groups in total. The lowest BCUT2D eigenvalue weighted by atomic mass is 10.1. The summed E-state index contributed by atoms with van der Waals surface area (Å²) in [5.74, 6) is -0.0673. The van der Waals surface area contributed by atoms with Crippen LogP contribution in [0.2, 0.25) is 0 Å². The van der Waals surface area contributed by atoms with E-state index >= 15 is 0 Å². The van der Waals surface area contributed by atoms with Crippen LogP contribution in [0.15, 0.2) is 42.5 Å². The molecule has 3 nitrogen and oxygen atoms in total. The number of hydrogen-bond acceptors (Lipinski definition) is 3. The van der Waals surface area contributed by atoms with Crippen LogP contribution in [0.4, 0.5) is 0 Å². The van der Waals surface area contributed by atoms with Crippen molar-refractivity contribution in [3.63, 3.8) is 0 Å². The van der Waals surface area contributed by atoms with Crippen LogP contribution in [0.1, 0.15) is 11.1 Å². The third-order valence-corrected chi connectivity index (χ3v) is 2.54. The quantitative estimate of drug-likeness (QED) is 0.812. The fraction of sp³-hybridized carbons (Fsp3) is 0.0667. The molecule has 0 unspecified atom stereocenters. The highest BCUT2D eigenvalue weighted by molar-refractivity contribution is 5.72. The summed E-state index contributed by atoms with van der Waals surface area (Å²) in [4.78, 5) is 0. The van der Waals surface area contributed by atoms with Crippen molar-refractivity contribution in [1.82, 2.24) is 0 Å². The number of phenols is 2. The maximum absolute atomic E-state index is 9.65. The molecular weight excluding hydrogens is 228 g/mol. The fourth-order valence-electron chi connectivity index (χ4n) is 1.68. The number of hydrogen-bond donors (Lipinski definition) is 2. The van der Waals surface area contributed by atoms with Crippen molar-refractivity contribution < 1.29 is 14.9 Å². The number of methoxy groups -OCH3 is 1. The molecule has 0 saturated heterocycles. The Hall–Kier alpha value is -2.42. The second-order valence-electron chi connectivity index (χ2n) is 3.84. The van der Waals surface area contributed by atoms with Crippen LogP contribution < -0.4 is 4.74 Å². The van der Waals surface area contributed by atoms with Crippen LogP contribution in [0.25, 0.3) is 12.2 Å². The van der Waals surface area contributed by atoms with Gasteiger partial charge in [-0.05, 0) is 23.3 Å². The number of rotatable bonds is 3. The second kappa shape index (κ2) is 5.27. The lowest BCUT2D eigenvalue weighted by Crippen LogP contribution is -1.85. The van der Waals surface area contributed by atoms with E-state index in [1.165, 1.54) is 19.2 Å². The Morgan fingerprint density at radius 2 is 1.44 bits per heavy atom. The van der Waals surface area contributed by atoms with Crippen molar-refractivity contribution in [2.75, 3.05) is 7.11 Å². The molecule has 0 spiro atoms. The molecule has 0 radical (unpaired) electrons. The monoisotopic (exact) mass is 242 g/mol. The molecule has 2 rings (SSSR count). The first-order chi connectivity index (χ1) is 8.70. The van der Waals surface area contributed by atoms with Gasteiger partial charge in [0.05, 0.1) is 7.11 Å². The van der Waals surface area contributed by atoms with Gasteiger partial charge >= 0.3 is 0 Å². The Bertz CT molecular complexity index is 536. The molecule has 0 aliphatic carbocycles. The van der Waals surface area contributed by atoms with Gasteiger partial charge in [0.2, 0.25) is 5.75 Å². The number of phenolic OH excluding ortho intramolecular Hbond substituents is 2. The molecular formula is C15H14O3. The summed E-state index contributed by atoms with van der Waals surface area (Å²) < 4.78 is 4.87. The van der Waals surface area contributed by atoms with E-state index < -0.39 is 0 Å². The molecule has 3 heteroatoms. The normalized spacial score (nSPS) is 10.7. The number of aromatic hydroxyl groups is 2. The summed E-state index contributed by atoms with van der Waals surface area (Å²) in [6.45, 7) is 0. The molecule has 0 aliphatic heterocycles. The second-order valence-corrected chi connectivity index (χ2v) is 3.84. The number of ether oxygens (including phenoxy) is 1. The van der Waals surface area contributed by atoms with Crippen molar-refractivity contribution in [3.05, 3.63) is 53.6 Å². The molecule has 0 amide bonds. The van der Waals surface area contributed by atoms with E-state index in [1.54, 1.807) is 0 Å². The molecule has 18 heavy (non-hydrogen) atoms. The average molecular weight is 242 g/mol. The van der Waals surface area contributed by atoms with Crippen molar-refractivity contribution in [2.45, 2.75) is 0 Å². The lowest BCUT2D eigenvalue weighted by molar-refractivity contribution is 0.344. The lowest BCUT2D eigenvalue weighted by Gasteiger charge is -2.06. The van der Waals surface area contributed by atoms with Gasteiger partial charge in [0.1, 0.15) is 0 Å². The van der Waals surface area contributed by atoms with Gasteiger partial charge in [0.15, 0.2) is 11.5 Å². The molecule has 92 valence electrons. The first-order valence-corrected chi connectivity index (χ1v) is 5.54. The van der Waals surface area contributed by atoms with E-state index in [0.29, 0.717) is 5.56 Å². The fourth-order valence-corrected chi connectivity index (χ4v) is 1.68. The molecule has 0 bridgehead atoms. The van der Waals surface area contributed by atoms with Crippen LogP contribution in [-0.2, 0) is 0 Å². The third-order valence-electron chi connectivity index (χ3n) is 2.54. The van der Waals surface area contributed by atoms with E-state index in [0.717, 1.165) is 5.56 Å². The summed E-state index contributed by atoms with van der Waals surface area (Å²) in [5.41, 5.74) is 1.75. The van der Waals surface area contributed by atoms with Crippen LogP contribution in [0.5, 0.6) is 17.2 Å². The Labute approximate surface area is 106 Å². The Kier molecular flexibility index (Phi) is 3.53. The van der Waals surface area contributed by atoms with Gasteiger partial charge in [-0.1, -0.05) is 42.5 Å². The van der Waals surface area contributed by atoms with Crippen LogP contribution in [-0.4, -0.2) is 17.3 Å². The van der Waals surface area contributed by atoms with Gasteiger partial charge < -0.3 is 14.9 Å². The summed E-state index contributed by atoms with van der Waals surface area (Å²) in [6.07, 6.45) is 3.72. The average Bonchev–Trinajstić information content (AvgIpc) is 2.37. The van der Waals surface area contributed by atoms with Crippen LogP contribution in [0.3, 0.4) is 0 Å². The first-order valence-electron chi connectivity index (χ1n) is 5.54. The van der Waals surface area contributed by atoms with Crippen molar-refractivity contribution in [2.24, 2.45) is 0 Å². The van der Waals surface area contributed by atoms with Crippen LogP contribution >= 0.6 is 0 Å². The predicted molar refractivity (Wildman–Crippen MR) is 71.7 cm³/mol. The molecule has 0 fully saturated rings. The minimum Gasteiger partial charge on any atom is -0.504 e. The van der Waals surface area contributed by atoms with Gasteiger partial charge in [-0.15, -0.1) is 0 Å². The maximum atomic E-state index is 9.65. The Morgan fingerprint density at radius 3 is 2.00 bits per heavy atom. The SMILES string of the molecule is COc1c(O)cc(C=Cc2ccccc2)cc1O. The van der Waals surface area contributed by atoms with Gasteiger partial charge in [-0.3, -0.25) is 0 Å². The van der Waals surface area contributed by atoms with Gasteiger partial charge in [-0.25, -0.2) is 0 Å². The summed E-state index contributed by atoms with van der Waals surface area (Å²) in [6, 6.07) is 12.9. The van der Waals surface area contributed by atoms with Crippen molar-refractivity contribution in [1.29, 1.82) is 0 Å². The van der Waals surface area contributed by atoms with Gasteiger partial charge in [0.25, 0.3) is 0 Å². The molecule has 2 aromatic carbocycles. The molecule has 0 heterocycles. The minimum atomic E-state index is -0.0785.